The minimum Gasteiger partial charge on any atom is -0.454 e. The first-order chi connectivity index (χ1) is 12.4. The molecule has 0 radical (unpaired) electrons. The van der Waals surface area contributed by atoms with Crippen LogP contribution in [0.4, 0.5) is 5.69 Å². The highest BCUT2D eigenvalue weighted by Crippen LogP contribution is 2.42. The Kier molecular flexibility index (Phi) is 4.50. The number of rotatable bonds is 1. The Morgan fingerprint density at radius 3 is 2.50 bits per heavy atom. The van der Waals surface area contributed by atoms with Gasteiger partial charge in [0.1, 0.15) is 17.3 Å². The summed E-state index contributed by atoms with van der Waals surface area (Å²) in [5.41, 5.74) is 1.46. The average molecular weight is 394 g/mol. The van der Waals surface area contributed by atoms with Gasteiger partial charge in [-0.25, -0.2) is 14.2 Å². The zero-order valence-corrected chi connectivity index (χ0v) is 15.4. The van der Waals surface area contributed by atoms with E-state index in [1.165, 1.54) is 4.67 Å². The van der Waals surface area contributed by atoms with Crippen molar-refractivity contribution in [1.29, 1.82) is 0 Å². The molecule has 0 spiro atoms. The molecule has 2 aromatic carbocycles. The van der Waals surface area contributed by atoms with Crippen LogP contribution < -0.4 is 4.74 Å². The van der Waals surface area contributed by atoms with Crippen molar-refractivity contribution in [3.63, 3.8) is 0 Å². The number of hydrogen-bond donors (Lipinski definition) is 2. The van der Waals surface area contributed by atoms with E-state index in [0.717, 1.165) is 5.56 Å². The molecule has 136 valence electrons. The van der Waals surface area contributed by atoms with Gasteiger partial charge in [-0.3, -0.25) is 0 Å². The molecule has 2 aromatic rings. The van der Waals surface area contributed by atoms with Crippen LogP contribution in [0.15, 0.2) is 47.5 Å². The van der Waals surface area contributed by atoms with Crippen LogP contribution in [-0.2, 0) is 4.57 Å². The number of amidine groups is 1. The van der Waals surface area contributed by atoms with Crippen molar-refractivity contribution in [2.45, 2.75) is 0 Å². The molecule has 2 N–H and O–H groups in total. The molecule has 0 unspecified atom stereocenters. The van der Waals surface area contributed by atoms with Crippen molar-refractivity contribution in [3.05, 3.63) is 53.1 Å². The third-order valence-corrected chi connectivity index (χ3v) is 5.79. The van der Waals surface area contributed by atoms with Gasteiger partial charge in [0.2, 0.25) is 0 Å². The van der Waals surface area contributed by atoms with E-state index in [-0.39, 0.29) is 13.1 Å². The fourth-order valence-electron chi connectivity index (χ4n) is 3.11. The van der Waals surface area contributed by atoms with Crippen LogP contribution >= 0.6 is 19.3 Å². The lowest BCUT2D eigenvalue weighted by Crippen LogP contribution is -2.47. The molecule has 7 nitrogen and oxygen atoms in total. The first-order valence-corrected chi connectivity index (χ1v) is 10.1. The molecule has 2 aliphatic rings. The minimum atomic E-state index is -4.22. The highest BCUT2D eigenvalue weighted by Gasteiger charge is 2.32. The van der Waals surface area contributed by atoms with Crippen LogP contribution in [0.2, 0.25) is 5.02 Å². The van der Waals surface area contributed by atoms with Crippen LogP contribution in [0.3, 0.4) is 0 Å². The quantitative estimate of drug-likeness (QED) is 0.723. The van der Waals surface area contributed by atoms with Crippen LogP contribution in [0, 0.1) is 0 Å². The van der Waals surface area contributed by atoms with Crippen molar-refractivity contribution >= 4 is 30.9 Å². The summed E-state index contributed by atoms with van der Waals surface area (Å²) in [5, 5.41) is 0.563. The maximum atomic E-state index is 11.5. The molecule has 0 aliphatic carbocycles. The standard InChI is InChI=1S/C17H17ClN3O4P/c18-12-5-6-16-14(11-12)19-17(13-3-1-2-4-15(13)25-16)20-7-9-21(10-8-20)26(22,23)24/h1-6,11H,7-10H2,(H2,22,23,24). The van der Waals surface area contributed by atoms with Crippen molar-refractivity contribution < 1.29 is 19.1 Å². The predicted octanol–water partition coefficient (Wildman–Crippen LogP) is 3.23. The Morgan fingerprint density at radius 2 is 1.77 bits per heavy atom. The third kappa shape index (κ3) is 3.37. The first-order valence-electron chi connectivity index (χ1n) is 8.13. The number of piperazine rings is 1. The third-order valence-electron chi connectivity index (χ3n) is 4.42. The molecular formula is C17H17ClN3O4P. The van der Waals surface area contributed by atoms with Gasteiger partial charge in [0.25, 0.3) is 0 Å². The molecule has 2 heterocycles. The largest absolute Gasteiger partial charge is 0.454 e. The number of benzene rings is 2. The van der Waals surface area contributed by atoms with Gasteiger partial charge < -0.3 is 19.4 Å². The zero-order chi connectivity index (χ0) is 18.3. The molecular weight excluding hydrogens is 377 g/mol. The van der Waals surface area contributed by atoms with E-state index in [1.807, 2.05) is 29.2 Å². The van der Waals surface area contributed by atoms with E-state index < -0.39 is 7.75 Å². The van der Waals surface area contributed by atoms with Crippen molar-refractivity contribution in [2.24, 2.45) is 4.99 Å². The summed E-state index contributed by atoms with van der Waals surface area (Å²) in [6.45, 7) is 1.42. The van der Waals surface area contributed by atoms with E-state index in [1.54, 1.807) is 18.2 Å². The van der Waals surface area contributed by atoms with Gasteiger partial charge in [0.05, 0.1) is 5.56 Å². The Balaban J connectivity index is 1.73. The van der Waals surface area contributed by atoms with Crippen LogP contribution in [0.5, 0.6) is 11.5 Å². The lowest BCUT2D eigenvalue weighted by atomic mass is 10.1. The number of fused-ring (bicyclic) bond motifs is 2. The van der Waals surface area contributed by atoms with Crippen molar-refractivity contribution in [2.75, 3.05) is 26.2 Å². The van der Waals surface area contributed by atoms with Crippen LogP contribution in [0.1, 0.15) is 5.56 Å². The summed E-state index contributed by atoms with van der Waals surface area (Å²) in [5.74, 6) is 2.02. The van der Waals surface area contributed by atoms with Crippen molar-refractivity contribution in [1.82, 2.24) is 9.57 Å². The number of halogens is 1. The Bertz CT molecular complexity index is 922. The molecule has 1 saturated heterocycles. The number of aliphatic imine (C=N–C) groups is 1. The second-order valence-electron chi connectivity index (χ2n) is 6.10. The summed E-state index contributed by atoms with van der Waals surface area (Å²) in [7, 11) is -4.22. The van der Waals surface area contributed by atoms with Gasteiger partial charge in [0, 0.05) is 31.2 Å². The fourth-order valence-corrected chi connectivity index (χ4v) is 3.97. The smallest absolute Gasteiger partial charge is 0.403 e. The summed E-state index contributed by atoms with van der Waals surface area (Å²) in [6.07, 6.45) is 0. The normalized spacial score (nSPS) is 17.7. The minimum absolute atomic E-state index is 0.259. The molecule has 0 amide bonds. The molecule has 26 heavy (non-hydrogen) atoms. The molecule has 0 aromatic heterocycles. The highest BCUT2D eigenvalue weighted by molar-refractivity contribution is 7.49. The Hall–Kier alpha value is -1.89. The molecule has 4 rings (SSSR count). The van der Waals surface area contributed by atoms with E-state index in [2.05, 4.69) is 0 Å². The summed E-state index contributed by atoms with van der Waals surface area (Å²) < 4.78 is 18.7. The first kappa shape index (κ1) is 17.5. The SMILES string of the molecule is O=P(O)(O)N1CCN(C2=Nc3cc(Cl)ccc3Oc3ccccc32)CC1. The van der Waals surface area contributed by atoms with Gasteiger partial charge >= 0.3 is 7.75 Å². The topological polar surface area (TPSA) is 85.6 Å². The summed E-state index contributed by atoms with van der Waals surface area (Å²) >= 11 is 6.11. The number of ether oxygens (including phenoxy) is 1. The van der Waals surface area contributed by atoms with Crippen molar-refractivity contribution in [3.8, 4) is 11.5 Å². The number of hydrogen-bond acceptors (Lipinski definition) is 4. The molecule has 2 aliphatic heterocycles. The van der Waals surface area contributed by atoms with Gasteiger partial charge in [-0.05, 0) is 30.3 Å². The Labute approximate surface area is 155 Å². The summed E-state index contributed by atoms with van der Waals surface area (Å²) in [4.78, 5) is 25.5. The highest BCUT2D eigenvalue weighted by atomic mass is 35.5. The maximum absolute atomic E-state index is 11.5. The Morgan fingerprint density at radius 1 is 1.04 bits per heavy atom. The van der Waals surface area contributed by atoms with Crippen LogP contribution in [-0.4, -0.2) is 51.4 Å². The van der Waals surface area contributed by atoms with Gasteiger partial charge in [-0.2, -0.15) is 0 Å². The molecule has 0 atom stereocenters. The second-order valence-corrected chi connectivity index (χ2v) is 8.13. The van der Waals surface area contributed by atoms with E-state index >= 15 is 0 Å². The molecule has 9 heteroatoms. The zero-order valence-electron chi connectivity index (χ0n) is 13.7. The predicted molar refractivity (Wildman–Crippen MR) is 99.4 cm³/mol. The summed E-state index contributed by atoms with van der Waals surface area (Å²) in [6, 6.07) is 12.9. The number of nitrogens with zero attached hydrogens (tertiary/aromatic N) is 3. The number of para-hydroxylation sites is 1. The van der Waals surface area contributed by atoms with E-state index in [9.17, 15) is 14.4 Å². The molecule has 0 bridgehead atoms. The molecule has 0 saturated carbocycles. The average Bonchev–Trinajstić information content (AvgIpc) is 2.77. The maximum Gasteiger partial charge on any atom is 0.403 e. The van der Waals surface area contributed by atoms with E-state index in [4.69, 9.17) is 21.3 Å². The second kappa shape index (κ2) is 6.68. The fraction of sp³-hybridized carbons (Fsp3) is 0.235. The van der Waals surface area contributed by atoms with Gasteiger partial charge in [-0.1, -0.05) is 23.7 Å². The lowest BCUT2D eigenvalue weighted by Gasteiger charge is -2.36. The lowest BCUT2D eigenvalue weighted by molar-refractivity contribution is 0.210. The molecule has 1 fully saturated rings. The van der Waals surface area contributed by atoms with Crippen LogP contribution in [0.25, 0.3) is 0 Å². The van der Waals surface area contributed by atoms with E-state index in [0.29, 0.717) is 41.1 Å². The van der Waals surface area contributed by atoms with Gasteiger partial charge in [0.15, 0.2) is 5.75 Å². The monoisotopic (exact) mass is 393 g/mol. The van der Waals surface area contributed by atoms with Gasteiger partial charge in [-0.15, -0.1) is 0 Å².